The van der Waals surface area contributed by atoms with Crippen molar-refractivity contribution in [2.45, 2.75) is 19.4 Å². The zero-order chi connectivity index (χ0) is 12.1. The Hall–Kier alpha value is -1.30. The summed E-state index contributed by atoms with van der Waals surface area (Å²) in [4.78, 5) is 23.7. The summed E-state index contributed by atoms with van der Waals surface area (Å²) in [5, 5.41) is 11.5. The van der Waals surface area contributed by atoms with Crippen molar-refractivity contribution in [3.8, 4) is 0 Å². The second kappa shape index (κ2) is 5.69. The first kappa shape index (κ1) is 12.8. The van der Waals surface area contributed by atoms with Crippen LogP contribution in [0.4, 0.5) is 4.79 Å². The van der Waals surface area contributed by atoms with E-state index in [-0.39, 0.29) is 12.0 Å². The van der Waals surface area contributed by atoms with Crippen molar-refractivity contribution in [1.29, 1.82) is 0 Å². The summed E-state index contributed by atoms with van der Waals surface area (Å²) in [7, 11) is 1.33. The number of hydrogen-bond donors (Lipinski definition) is 2. The lowest BCUT2D eigenvalue weighted by Crippen LogP contribution is -2.38. The third-order valence-electron chi connectivity index (χ3n) is 2.73. The summed E-state index contributed by atoms with van der Waals surface area (Å²) >= 11 is 0. The van der Waals surface area contributed by atoms with Gasteiger partial charge in [0.25, 0.3) is 0 Å². The molecule has 0 aromatic rings. The number of ether oxygens (including phenoxy) is 1. The van der Waals surface area contributed by atoms with Crippen LogP contribution < -0.4 is 5.32 Å². The van der Waals surface area contributed by atoms with Crippen LogP contribution >= 0.6 is 0 Å². The van der Waals surface area contributed by atoms with E-state index in [1.54, 1.807) is 6.92 Å². The molecular weight excluding hydrogens is 212 g/mol. The Kier molecular flexibility index (Phi) is 4.54. The highest BCUT2D eigenvalue weighted by atomic mass is 16.5. The van der Waals surface area contributed by atoms with Gasteiger partial charge in [-0.1, -0.05) is 6.92 Å². The molecule has 1 amide bonds. The van der Waals surface area contributed by atoms with Gasteiger partial charge in [-0.25, -0.2) is 4.79 Å². The first-order valence-electron chi connectivity index (χ1n) is 5.32. The number of carbonyl (C=O) groups is 2. The van der Waals surface area contributed by atoms with Crippen LogP contribution in [0.3, 0.4) is 0 Å². The number of carboxylic acid groups (broad SMARTS) is 1. The number of hydrogen-bond acceptors (Lipinski definition) is 4. The molecule has 0 aliphatic carbocycles. The van der Waals surface area contributed by atoms with Crippen molar-refractivity contribution >= 4 is 12.1 Å². The quantitative estimate of drug-likeness (QED) is 0.718. The maximum Gasteiger partial charge on any atom is 0.407 e. The number of carboxylic acids is 1. The van der Waals surface area contributed by atoms with Crippen LogP contribution in [-0.4, -0.2) is 54.9 Å². The highest BCUT2D eigenvalue weighted by Crippen LogP contribution is 2.11. The molecular formula is C10H18N2O4. The predicted molar refractivity (Wildman–Crippen MR) is 57.2 cm³/mol. The van der Waals surface area contributed by atoms with Gasteiger partial charge in [-0.15, -0.1) is 0 Å². The van der Waals surface area contributed by atoms with Crippen molar-refractivity contribution in [3.63, 3.8) is 0 Å². The number of alkyl carbamates (subject to hydrolysis) is 1. The van der Waals surface area contributed by atoms with Gasteiger partial charge >= 0.3 is 12.1 Å². The van der Waals surface area contributed by atoms with Crippen LogP contribution in [0.15, 0.2) is 0 Å². The zero-order valence-electron chi connectivity index (χ0n) is 9.60. The van der Waals surface area contributed by atoms with E-state index in [4.69, 9.17) is 5.11 Å². The average molecular weight is 230 g/mol. The Morgan fingerprint density at radius 3 is 2.88 bits per heavy atom. The molecule has 6 heteroatoms. The molecule has 0 spiro atoms. The Labute approximate surface area is 94.6 Å². The maximum absolute atomic E-state index is 11.0. The van der Waals surface area contributed by atoms with E-state index in [2.05, 4.69) is 10.1 Å². The minimum Gasteiger partial charge on any atom is -0.481 e. The lowest BCUT2D eigenvalue weighted by molar-refractivity contribution is -0.141. The number of likely N-dealkylation sites (tertiary alicyclic amines) is 1. The fourth-order valence-corrected chi connectivity index (χ4v) is 1.81. The molecule has 6 nitrogen and oxygen atoms in total. The molecule has 0 bridgehead atoms. The van der Waals surface area contributed by atoms with Gasteiger partial charge in [0, 0.05) is 25.7 Å². The third-order valence-corrected chi connectivity index (χ3v) is 2.73. The Morgan fingerprint density at radius 2 is 2.31 bits per heavy atom. The van der Waals surface area contributed by atoms with Crippen molar-refractivity contribution in [2.24, 2.45) is 5.92 Å². The summed E-state index contributed by atoms with van der Waals surface area (Å²) in [5.74, 6) is -1.17. The molecule has 1 fully saturated rings. The van der Waals surface area contributed by atoms with E-state index >= 15 is 0 Å². The molecule has 2 unspecified atom stereocenters. The van der Waals surface area contributed by atoms with Crippen LogP contribution in [0.25, 0.3) is 0 Å². The van der Waals surface area contributed by atoms with E-state index in [9.17, 15) is 9.59 Å². The van der Waals surface area contributed by atoms with Gasteiger partial charge in [0.15, 0.2) is 0 Å². The predicted octanol–water partition coefficient (Wildman–Crippen LogP) is 0.137. The van der Waals surface area contributed by atoms with Gasteiger partial charge < -0.3 is 20.1 Å². The molecule has 1 aliphatic heterocycles. The molecule has 16 heavy (non-hydrogen) atoms. The number of nitrogens with one attached hydrogen (secondary N) is 1. The van der Waals surface area contributed by atoms with Crippen LogP contribution in [0.5, 0.6) is 0 Å². The zero-order valence-corrected chi connectivity index (χ0v) is 9.60. The van der Waals surface area contributed by atoms with E-state index < -0.39 is 12.1 Å². The molecule has 2 atom stereocenters. The molecule has 2 N–H and O–H groups in total. The van der Waals surface area contributed by atoms with E-state index in [0.29, 0.717) is 13.1 Å². The van der Waals surface area contributed by atoms with Gasteiger partial charge in [-0.05, 0) is 6.42 Å². The van der Waals surface area contributed by atoms with E-state index in [1.165, 1.54) is 7.11 Å². The van der Waals surface area contributed by atoms with Gasteiger partial charge in [-0.3, -0.25) is 4.79 Å². The largest absolute Gasteiger partial charge is 0.481 e. The molecule has 92 valence electrons. The highest BCUT2D eigenvalue weighted by Gasteiger charge is 2.26. The van der Waals surface area contributed by atoms with Gasteiger partial charge in [0.1, 0.15) is 0 Å². The van der Waals surface area contributed by atoms with Crippen LogP contribution in [0.2, 0.25) is 0 Å². The van der Waals surface area contributed by atoms with Crippen molar-refractivity contribution < 1.29 is 19.4 Å². The number of nitrogens with zero attached hydrogens (tertiary/aromatic N) is 1. The molecule has 1 aliphatic rings. The highest BCUT2D eigenvalue weighted by molar-refractivity contribution is 5.69. The van der Waals surface area contributed by atoms with E-state index in [0.717, 1.165) is 13.0 Å². The minimum atomic E-state index is -0.788. The second-order valence-corrected chi connectivity index (χ2v) is 4.12. The van der Waals surface area contributed by atoms with Crippen molar-refractivity contribution in [1.82, 2.24) is 10.2 Å². The molecule has 0 aromatic carbocycles. The van der Waals surface area contributed by atoms with Crippen molar-refractivity contribution in [3.05, 3.63) is 0 Å². The first-order valence-corrected chi connectivity index (χ1v) is 5.32. The molecule has 0 radical (unpaired) electrons. The Bertz CT molecular complexity index is 270. The van der Waals surface area contributed by atoms with E-state index in [1.807, 2.05) is 4.90 Å². The second-order valence-electron chi connectivity index (χ2n) is 4.12. The SMILES string of the molecule is COC(=O)NC1CCN(CC(C)C(=O)O)C1. The third kappa shape index (κ3) is 3.69. The number of aliphatic carboxylic acids is 1. The smallest absolute Gasteiger partial charge is 0.407 e. The lowest BCUT2D eigenvalue weighted by atomic mass is 10.2. The summed E-state index contributed by atoms with van der Waals surface area (Å²) in [6.07, 6.45) is 0.402. The number of amides is 1. The fraction of sp³-hybridized carbons (Fsp3) is 0.800. The Balaban J connectivity index is 2.29. The van der Waals surface area contributed by atoms with Crippen LogP contribution in [0, 0.1) is 5.92 Å². The molecule has 1 rings (SSSR count). The maximum atomic E-state index is 11.0. The summed E-state index contributed by atoms with van der Waals surface area (Å²) in [6, 6.07) is 0.0634. The summed E-state index contributed by atoms with van der Waals surface area (Å²) in [6.45, 7) is 3.71. The fourth-order valence-electron chi connectivity index (χ4n) is 1.81. The summed E-state index contributed by atoms with van der Waals surface area (Å²) < 4.78 is 4.50. The normalized spacial score (nSPS) is 22.8. The van der Waals surface area contributed by atoms with Gasteiger partial charge in [0.05, 0.1) is 13.0 Å². The molecule has 0 aromatic heterocycles. The van der Waals surface area contributed by atoms with Crippen molar-refractivity contribution in [2.75, 3.05) is 26.7 Å². The number of carbonyl (C=O) groups excluding carboxylic acids is 1. The van der Waals surface area contributed by atoms with Gasteiger partial charge in [-0.2, -0.15) is 0 Å². The monoisotopic (exact) mass is 230 g/mol. The minimum absolute atomic E-state index is 0.0634. The molecule has 0 saturated carbocycles. The molecule has 1 saturated heterocycles. The molecule has 1 heterocycles. The van der Waals surface area contributed by atoms with Crippen LogP contribution in [-0.2, 0) is 9.53 Å². The summed E-state index contributed by atoms with van der Waals surface area (Å²) in [5.41, 5.74) is 0. The number of rotatable bonds is 4. The van der Waals surface area contributed by atoms with Crippen LogP contribution in [0.1, 0.15) is 13.3 Å². The standard InChI is InChI=1S/C10H18N2O4/c1-7(9(13)14)5-12-4-3-8(6-12)11-10(15)16-2/h7-8H,3-6H2,1-2H3,(H,11,15)(H,13,14). The average Bonchev–Trinajstić information content (AvgIpc) is 2.65. The lowest BCUT2D eigenvalue weighted by Gasteiger charge is -2.18. The van der Waals surface area contributed by atoms with Gasteiger partial charge in [0.2, 0.25) is 0 Å². The first-order chi connectivity index (χ1) is 7.52. The topological polar surface area (TPSA) is 78.9 Å². The number of methoxy groups -OCH3 is 1. The Morgan fingerprint density at radius 1 is 1.62 bits per heavy atom.